The normalized spacial score (nSPS) is 25.1. The van der Waals surface area contributed by atoms with Gasteiger partial charge in [-0.25, -0.2) is 0 Å². The lowest BCUT2D eigenvalue weighted by Gasteiger charge is -2.52. The number of carbonyl (C=O) groups is 1. The van der Waals surface area contributed by atoms with Crippen LogP contribution in [0.5, 0.6) is 0 Å². The molecule has 3 aliphatic heterocycles. The van der Waals surface area contributed by atoms with Gasteiger partial charge >= 0.3 is 6.18 Å². The first kappa shape index (κ1) is 26.3. The first-order valence-electron chi connectivity index (χ1n) is 13.9. The molecule has 3 atom stereocenters. The Hall–Kier alpha value is -2.88. The lowest BCUT2D eigenvalue weighted by molar-refractivity contribution is -0.137. The Morgan fingerprint density at radius 3 is 2.51 bits per heavy atom. The predicted octanol–water partition coefficient (Wildman–Crippen LogP) is 4.73. The molecule has 0 radical (unpaired) electrons. The number of fused-ring (bicyclic) bond motifs is 2. The number of hydrogen-bond donors (Lipinski definition) is 1. The van der Waals surface area contributed by atoms with Gasteiger partial charge in [-0.05, 0) is 61.6 Å². The van der Waals surface area contributed by atoms with Crippen LogP contribution in [0, 0.1) is 6.92 Å². The molecule has 9 heteroatoms. The number of H-pyrrole nitrogens is 1. The lowest BCUT2D eigenvalue weighted by atomic mass is 9.90. The number of alkyl halides is 3. The molecule has 3 fully saturated rings. The van der Waals surface area contributed by atoms with Gasteiger partial charge in [0.1, 0.15) is 0 Å². The SMILES string of the molecule is Cc1cc(C(=O)N2C[C@H]3CC[C@H](N4CCOCC4)CN3C[C@H]2Cc2c[nH]c3ccccc23)cc(C(F)(F)F)c1. The summed E-state index contributed by atoms with van der Waals surface area (Å²) in [6.45, 7) is 7.21. The quantitative estimate of drug-likeness (QED) is 0.520. The highest BCUT2D eigenvalue weighted by atomic mass is 19.4. The molecule has 39 heavy (non-hydrogen) atoms. The summed E-state index contributed by atoms with van der Waals surface area (Å²) in [5.41, 5.74) is 1.93. The third kappa shape index (κ3) is 5.44. The molecule has 1 N–H and O–H groups in total. The molecule has 6 rings (SSSR count). The Morgan fingerprint density at radius 1 is 1.00 bits per heavy atom. The molecule has 2 aromatic carbocycles. The number of hydrogen-bond acceptors (Lipinski definition) is 4. The van der Waals surface area contributed by atoms with Crippen molar-refractivity contribution in [2.45, 2.75) is 50.5 Å². The van der Waals surface area contributed by atoms with Crippen molar-refractivity contribution in [1.82, 2.24) is 19.7 Å². The number of morpholine rings is 1. The molecular formula is C30H35F3N4O2. The first-order chi connectivity index (χ1) is 18.8. The van der Waals surface area contributed by atoms with E-state index < -0.39 is 11.7 Å². The maximum Gasteiger partial charge on any atom is 0.416 e. The van der Waals surface area contributed by atoms with Gasteiger partial charge in [-0.1, -0.05) is 18.2 Å². The van der Waals surface area contributed by atoms with E-state index in [4.69, 9.17) is 4.74 Å². The summed E-state index contributed by atoms with van der Waals surface area (Å²) >= 11 is 0. The molecule has 208 valence electrons. The molecule has 3 saturated heterocycles. The molecule has 3 aliphatic rings. The van der Waals surface area contributed by atoms with Gasteiger partial charge < -0.3 is 14.6 Å². The molecule has 0 unspecified atom stereocenters. The summed E-state index contributed by atoms with van der Waals surface area (Å²) in [5.74, 6) is -0.316. The monoisotopic (exact) mass is 540 g/mol. The van der Waals surface area contributed by atoms with Crippen LogP contribution in [0.2, 0.25) is 0 Å². The number of carbonyl (C=O) groups excluding carboxylic acids is 1. The topological polar surface area (TPSA) is 51.8 Å². The zero-order valence-corrected chi connectivity index (χ0v) is 22.2. The maximum absolute atomic E-state index is 13.9. The van der Waals surface area contributed by atoms with Crippen LogP contribution in [0.3, 0.4) is 0 Å². The van der Waals surface area contributed by atoms with Crippen LogP contribution in [0.4, 0.5) is 13.2 Å². The minimum absolute atomic E-state index is 0.113. The van der Waals surface area contributed by atoms with E-state index in [0.29, 0.717) is 31.1 Å². The number of piperazine rings is 1. The number of aryl methyl sites for hydroxylation is 1. The lowest BCUT2D eigenvalue weighted by Crippen LogP contribution is -2.65. The largest absolute Gasteiger partial charge is 0.416 e. The second kappa shape index (κ2) is 10.6. The van der Waals surface area contributed by atoms with Crippen LogP contribution in [0.15, 0.2) is 48.7 Å². The smallest absolute Gasteiger partial charge is 0.379 e. The van der Waals surface area contributed by atoms with Crippen molar-refractivity contribution in [3.8, 4) is 0 Å². The summed E-state index contributed by atoms with van der Waals surface area (Å²) in [7, 11) is 0. The zero-order valence-electron chi connectivity index (χ0n) is 22.2. The van der Waals surface area contributed by atoms with E-state index in [-0.39, 0.29) is 23.6 Å². The molecule has 3 aromatic rings. The third-order valence-electron chi connectivity index (χ3n) is 8.69. The van der Waals surface area contributed by atoms with E-state index in [1.807, 2.05) is 29.3 Å². The van der Waals surface area contributed by atoms with Gasteiger partial charge in [0, 0.05) is 73.5 Å². The predicted molar refractivity (Wildman–Crippen MR) is 144 cm³/mol. The average molecular weight is 541 g/mol. The van der Waals surface area contributed by atoms with Crippen molar-refractivity contribution in [1.29, 1.82) is 0 Å². The number of halogens is 3. The molecule has 0 aliphatic carbocycles. The number of aromatic amines is 1. The van der Waals surface area contributed by atoms with E-state index in [1.165, 1.54) is 0 Å². The van der Waals surface area contributed by atoms with Crippen molar-refractivity contribution >= 4 is 16.8 Å². The minimum atomic E-state index is -4.50. The van der Waals surface area contributed by atoms with Crippen molar-refractivity contribution in [2.75, 3.05) is 45.9 Å². The van der Waals surface area contributed by atoms with Crippen LogP contribution >= 0.6 is 0 Å². The van der Waals surface area contributed by atoms with Crippen LogP contribution in [0.1, 0.15) is 39.9 Å². The second-order valence-electron chi connectivity index (χ2n) is 11.2. The summed E-state index contributed by atoms with van der Waals surface area (Å²) in [6.07, 6.45) is 0.160. The fraction of sp³-hybridized carbons (Fsp3) is 0.500. The number of piperidine rings is 1. The fourth-order valence-electron chi connectivity index (χ4n) is 6.71. The standard InChI is InChI=1S/C30H35F3N4O2/c1-20-12-21(14-23(13-20)30(31,32)33)29(38)37-19-25-7-6-24(35-8-10-39-11-9-35)17-36(25)18-26(37)15-22-16-34-28-5-3-2-4-27(22)28/h2-5,12-14,16,24-26,34H,6-11,15,17-19H2,1H3/t24-,25+,26+/m0/s1. The number of amides is 1. The van der Waals surface area contributed by atoms with Gasteiger partial charge in [0.25, 0.3) is 5.91 Å². The second-order valence-corrected chi connectivity index (χ2v) is 11.2. The van der Waals surface area contributed by atoms with Crippen LogP contribution < -0.4 is 0 Å². The van der Waals surface area contributed by atoms with Crippen LogP contribution in [-0.2, 0) is 17.3 Å². The molecule has 0 saturated carbocycles. The van der Waals surface area contributed by atoms with Gasteiger partial charge in [0.15, 0.2) is 0 Å². The Labute approximate surface area is 226 Å². The van der Waals surface area contributed by atoms with E-state index in [2.05, 4.69) is 20.9 Å². The maximum atomic E-state index is 13.9. The van der Waals surface area contributed by atoms with Gasteiger partial charge in [-0.15, -0.1) is 0 Å². The molecule has 6 nitrogen and oxygen atoms in total. The molecule has 4 heterocycles. The van der Waals surface area contributed by atoms with E-state index in [0.717, 1.165) is 74.3 Å². The van der Waals surface area contributed by atoms with Gasteiger partial charge in [0.2, 0.25) is 0 Å². The van der Waals surface area contributed by atoms with Gasteiger partial charge in [-0.3, -0.25) is 14.6 Å². The number of ether oxygens (including phenoxy) is 1. The fourth-order valence-corrected chi connectivity index (χ4v) is 6.71. The highest BCUT2D eigenvalue weighted by molar-refractivity contribution is 5.95. The molecular weight excluding hydrogens is 505 g/mol. The number of benzene rings is 2. The highest BCUT2D eigenvalue weighted by Gasteiger charge is 2.41. The van der Waals surface area contributed by atoms with Crippen molar-refractivity contribution in [3.63, 3.8) is 0 Å². The van der Waals surface area contributed by atoms with Crippen molar-refractivity contribution in [3.05, 3.63) is 70.9 Å². The summed E-state index contributed by atoms with van der Waals surface area (Å²) in [5, 5.41) is 1.12. The van der Waals surface area contributed by atoms with E-state index in [9.17, 15) is 18.0 Å². The third-order valence-corrected chi connectivity index (χ3v) is 8.69. The molecule has 1 amide bonds. The van der Waals surface area contributed by atoms with Gasteiger partial charge in [-0.2, -0.15) is 13.2 Å². The van der Waals surface area contributed by atoms with E-state index in [1.54, 1.807) is 13.0 Å². The van der Waals surface area contributed by atoms with E-state index >= 15 is 0 Å². The summed E-state index contributed by atoms with van der Waals surface area (Å²) in [4.78, 5) is 24.2. The van der Waals surface area contributed by atoms with Crippen LogP contribution in [-0.4, -0.2) is 89.7 Å². The highest BCUT2D eigenvalue weighted by Crippen LogP contribution is 2.33. The molecule has 1 aromatic heterocycles. The number of rotatable bonds is 4. The molecule has 0 spiro atoms. The Morgan fingerprint density at radius 2 is 1.74 bits per heavy atom. The zero-order chi connectivity index (χ0) is 27.1. The number of nitrogens with one attached hydrogen (secondary N) is 1. The first-order valence-corrected chi connectivity index (χ1v) is 13.9. The Balaban J connectivity index is 1.29. The minimum Gasteiger partial charge on any atom is -0.379 e. The average Bonchev–Trinajstić information content (AvgIpc) is 3.34. The Kier molecular flexibility index (Phi) is 7.16. The summed E-state index contributed by atoms with van der Waals surface area (Å²) in [6, 6.07) is 12.3. The summed E-state index contributed by atoms with van der Waals surface area (Å²) < 4.78 is 46.3. The van der Waals surface area contributed by atoms with Crippen molar-refractivity contribution < 1.29 is 22.7 Å². The number of aromatic nitrogens is 1. The molecule has 0 bridgehead atoms. The Bertz CT molecular complexity index is 1330. The van der Waals surface area contributed by atoms with Crippen molar-refractivity contribution in [2.24, 2.45) is 0 Å². The van der Waals surface area contributed by atoms with Gasteiger partial charge in [0.05, 0.1) is 18.8 Å². The number of para-hydroxylation sites is 1. The van der Waals surface area contributed by atoms with Crippen LogP contribution in [0.25, 0.3) is 10.9 Å². The number of nitrogens with zero attached hydrogens (tertiary/aromatic N) is 3.